The number of phosphoric ester groups is 2. The number of hydrogen-bond acceptors (Lipinski definition) is 15. The SMILES string of the molecule is CCCCCC/C=C\C=C/CCCCCCCC(=O)OC[C@H](COP(=O)(O)OCC(O)COP(=O)(O)OC[C@@H](COC(=O)CCCCCCCCCC(C)C)OC(=O)CCCCCCCCCCCCCCCCC(C)C)OC(=O)CCCCCCCCCCCC(C)C. The Labute approximate surface area is 573 Å². The van der Waals surface area contributed by atoms with E-state index in [2.05, 4.69) is 72.8 Å². The maximum Gasteiger partial charge on any atom is 0.472 e. The molecule has 19 heteroatoms. The van der Waals surface area contributed by atoms with Crippen molar-refractivity contribution in [2.45, 2.75) is 375 Å². The van der Waals surface area contributed by atoms with Gasteiger partial charge in [0, 0.05) is 25.7 Å². The summed E-state index contributed by atoms with van der Waals surface area (Å²) in [5.41, 5.74) is 0. The van der Waals surface area contributed by atoms with E-state index in [-0.39, 0.29) is 25.7 Å². The number of aliphatic hydroxyl groups excluding tert-OH is 1. The summed E-state index contributed by atoms with van der Waals surface area (Å²) in [6.07, 6.45) is 53.6. The van der Waals surface area contributed by atoms with Crippen molar-refractivity contribution in [3.05, 3.63) is 24.3 Å². The van der Waals surface area contributed by atoms with E-state index in [9.17, 15) is 43.2 Å². The zero-order valence-corrected chi connectivity index (χ0v) is 62.7. The zero-order chi connectivity index (χ0) is 69.4. The standard InChI is InChI=1S/C75H142O17P2/c1-8-9-10-11-12-13-14-15-16-20-23-28-35-42-49-56-72(77)85-62-70(92-75(80)59-52-45-37-30-25-27-33-40-47-54-67(4)5)64-89-93(81,82)87-60-69(76)61-88-94(83,84)90-65-71(63-86-73(78)57-50-43-38-31-34-41-48-55-68(6)7)91-74(79)58-51-44-36-29-24-21-18-17-19-22-26-32-39-46-53-66(2)3/h13-16,66-71,76H,8-12,17-65H2,1-7H3,(H,81,82)(H,83,84)/b14-13-,16-15-/t69?,70-,71-/m1/s1. The van der Waals surface area contributed by atoms with Crippen molar-refractivity contribution in [1.82, 2.24) is 0 Å². The molecule has 94 heavy (non-hydrogen) atoms. The lowest BCUT2D eigenvalue weighted by Crippen LogP contribution is -2.30. The summed E-state index contributed by atoms with van der Waals surface area (Å²) in [7, 11) is -9.92. The number of carbonyl (C=O) groups is 4. The van der Waals surface area contributed by atoms with Crippen LogP contribution in [0.3, 0.4) is 0 Å². The fourth-order valence-corrected chi connectivity index (χ4v) is 12.5. The van der Waals surface area contributed by atoms with Crippen LogP contribution in [0, 0.1) is 17.8 Å². The van der Waals surface area contributed by atoms with Gasteiger partial charge in [0.15, 0.2) is 12.2 Å². The molecule has 0 spiro atoms. The highest BCUT2D eigenvalue weighted by atomic mass is 31.2. The molecule has 0 rings (SSSR count). The second-order valence-corrected chi connectivity index (χ2v) is 30.7. The molecule has 0 saturated heterocycles. The van der Waals surface area contributed by atoms with Gasteiger partial charge in [0.05, 0.1) is 26.4 Å². The molecule has 0 amide bonds. The summed E-state index contributed by atoms with van der Waals surface area (Å²) in [6, 6.07) is 0. The predicted molar refractivity (Wildman–Crippen MR) is 381 cm³/mol. The van der Waals surface area contributed by atoms with Crippen molar-refractivity contribution in [1.29, 1.82) is 0 Å². The van der Waals surface area contributed by atoms with Crippen LogP contribution in [0.25, 0.3) is 0 Å². The number of hydrogen-bond donors (Lipinski definition) is 3. The van der Waals surface area contributed by atoms with Crippen LogP contribution < -0.4 is 0 Å². The first-order valence-corrected chi connectivity index (χ1v) is 41.2. The number of allylic oxidation sites excluding steroid dienone is 4. The summed E-state index contributed by atoms with van der Waals surface area (Å²) < 4.78 is 68.4. The quantitative estimate of drug-likeness (QED) is 0.0169. The Morgan fingerprint density at radius 3 is 0.862 bits per heavy atom. The van der Waals surface area contributed by atoms with E-state index in [1.165, 1.54) is 141 Å². The number of aliphatic hydroxyl groups is 1. The van der Waals surface area contributed by atoms with Gasteiger partial charge >= 0.3 is 39.5 Å². The van der Waals surface area contributed by atoms with Gasteiger partial charge in [-0.05, 0) is 69.1 Å². The zero-order valence-electron chi connectivity index (χ0n) is 60.9. The van der Waals surface area contributed by atoms with E-state index in [4.69, 9.17) is 37.0 Å². The predicted octanol–water partition coefficient (Wildman–Crippen LogP) is 21.3. The number of carbonyl (C=O) groups excluding carboxylic acids is 4. The summed E-state index contributed by atoms with van der Waals surface area (Å²) in [5, 5.41) is 10.6. The van der Waals surface area contributed by atoms with E-state index < -0.39 is 97.5 Å². The lowest BCUT2D eigenvalue weighted by Gasteiger charge is -2.21. The highest BCUT2D eigenvalue weighted by Gasteiger charge is 2.30. The minimum atomic E-state index is -4.96. The minimum absolute atomic E-state index is 0.0981. The second kappa shape index (κ2) is 65.2. The molecule has 554 valence electrons. The number of unbranched alkanes of at least 4 members (excludes halogenated alkanes) is 36. The molecule has 0 radical (unpaired) electrons. The molecule has 0 aliphatic heterocycles. The first kappa shape index (κ1) is 91.5. The Balaban J connectivity index is 5.27. The maximum absolute atomic E-state index is 13.0. The first-order valence-electron chi connectivity index (χ1n) is 38.2. The first-order chi connectivity index (χ1) is 45.2. The van der Waals surface area contributed by atoms with Gasteiger partial charge in [-0.25, -0.2) is 9.13 Å². The summed E-state index contributed by atoms with van der Waals surface area (Å²) in [6.45, 7) is 11.8. The number of ether oxygens (including phenoxy) is 4. The topological polar surface area (TPSA) is 237 Å². The molecule has 0 heterocycles. The van der Waals surface area contributed by atoms with Crippen LogP contribution in [-0.2, 0) is 65.4 Å². The Hall–Kier alpha value is -2.46. The molecule has 5 atom stereocenters. The highest BCUT2D eigenvalue weighted by Crippen LogP contribution is 2.45. The fourth-order valence-electron chi connectivity index (χ4n) is 10.9. The summed E-state index contributed by atoms with van der Waals surface area (Å²) in [5.74, 6) is 0.0793. The molecule has 3 unspecified atom stereocenters. The molecule has 0 fully saturated rings. The molecular weight excluding hydrogens is 1230 g/mol. The highest BCUT2D eigenvalue weighted by molar-refractivity contribution is 7.47. The van der Waals surface area contributed by atoms with Crippen molar-refractivity contribution < 1.29 is 80.2 Å². The summed E-state index contributed by atoms with van der Waals surface area (Å²) >= 11 is 0. The molecule has 0 aliphatic rings. The van der Waals surface area contributed by atoms with Gasteiger partial charge in [0.2, 0.25) is 0 Å². The molecule has 0 aliphatic carbocycles. The van der Waals surface area contributed by atoms with Crippen LogP contribution in [0.1, 0.15) is 357 Å². The Morgan fingerprint density at radius 2 is 0.574 bits per heavy atom. The Morgan fingerprint density at radius 1 is 0.330 bits per heavy atom. The third-order valence-electron chi connectivity index (χ3n) is 16.8. The molecule has 17 nitrogen and oxygen atoms in total. The molecule has 0 bridgehead atoms. The number of esters is 4. The van der Waals surface area contributed by atoms with Crippen molar-refractivity contribution in [3.8, 4) is 0 Å². The van der Waals surface area contributed by atoms with E-state index in [1.54, 1.807) is 0 Å². The molecule has 0 aromatic carbocycles. The molecule has 0 aromatic heterocycles. The Kier molecular flexibility index (Phi) is 63.5. The normalized spacial score (nSPS) is 14.3. The van der Waals surface area contributed by atoms with E-state index >= 15 is 0 Å². The van der Waals surface area contributed by atoms with E-state index in [0.717, 1.165) is 127 Å². The van der Waals surface area contributed by atoms with Gasteiger partial charge in [-0.1, -0.05) is 304 Å². The van der Waals surface area contributed by atoms with E-state index in [0.29, 0.717) is 31.6 Å². The van der Waals surface area contributed by atoms with Crippen molar-refractivity contribution in [2.75, 3.05) is 39.6 Å². The monoisotopic (exact) mass is 1380 g/mol. The average molecular weight is 1380 g/mol. The van der Waals surface area contributed by atoms with Crippen LogP contribution >= 0.6 is 15.6 Å². The lowest BCUT2D eigenvalue weighted by atomic mass is 10.0. The largest absolute Gasteiger partial charge is 0.472 e. The number of phosphoric acid groups is 2. The smallest absolute Gasteiger partial charge is 0.462 e. The number of rotatable bonds is 71. The average Bonchev–Trinajstić information content (AvgIpc) is 2.31. The molecule has 0 saturated carbocycles. The fraction of sp³-hybridized carbons (Fsp3) is 0.893. The van der Waals surface area contributed by atoms with Gasteiger partial charge in [-0.3, -0.25) is 37.3 Å². The van der Waals surface area contributed by atoms with E-state index in [1.807, 2.05) is 0 Å². The molecule has 0 aromatic rings. The third kappa shape index (κ3) is 68.1. The van der Waals surface area contributed by atoms with Crippen LogP contribution in [0.2, 0.25) is 0 Å². The summed E-state index contributed by atoms with van der Waals surface area (Å²) in [4.78, 5) is 72.7. The van der Waals surface area contributed by atoms with Gasteiger partial charge in [-0.2, -0.15) is 0 Å². The van der Waals surface area contributed by atoms with Crippen molar-refractivity contribution >= 4 is 39.5 Å². The Bertz CT molecular complexity index is 1930. The van der Waals surface area contributed by atoms with Crippen LogP contribution in [-0.4, -0.2) is 96.7 Å². The maximum atomic E-state index is 13.0. The molecular formula is C75H142O17P2. The molecule has 3 N–H and O–H groups in total. The van der Waals surface area contributed by atoms with Gasteiger partial charge in [0.1, 0.15) is 19.3 Å². The van der Waals surface area contributed by atoms with Crippen molar-refractivity contribution in [2.24, 2.45) is 17.8 Å². The third-order valence-corrected chi connectivity index (χ3v) is 18.7. The lowest BCUT2D eigenvalue weighted by molar-refractivity contribution is -0.161. The van der Waals surface area contributed by atoms with Crippen molar-refractivity contribution in [3.63, 3.8) is 0 Å². The van der Waals surface area contributed by atoms with Crippen LogP contribution in [0.4, 0.5) is 0 Å². The second-order valence-electron chi connectivity index (χ2n) is 27.8. The van der Waals surface area contributed by atoms with Crippen LogP contribution in [0.5, 0.6) is 0 Å². The van der Waals surface area contributed by atoms with Crippen LogP contribution in [0.15, 0.2) is 24.3 Å². The van der Waals surface area contributed by atoms with Gasteiger partial charge in [-0.15, -0.1) is 0 Å². The van der Waals surface area contributed by atoms with Gasteiger partial charge < -0.3 is 33.8 Å². The van der Waals surface area contributed by atoms with Gasteiger partial charge in [0.25, 0.3) is 0 Å². The minimum Gasteiger partial charge on any atom is -0.462 e.